The third-order valence-corrected chi connectivity index (χ3v) is 3.94. The Kier molecular flexibility index (Phi) is 2.92. The van der Waals surface area contributed by atoms with Crippen molar-refractivity contribution in [1.29, 1.82) is 0 Å². The first-order valence-corrected chi connectivity index (χ1v) is 6.37. The maximum Gasteiger partial charge on any atom is 0.129 e. The average Bonchev–Trinajstić information content (AvgIpc) is 2.84. The molecule has 2 aliphatic heterocycles. The van der Waals surface area contributed by atoms with Gasteiger partial charge >= 0.3 is 0 Å². The first-order chi connectivity index (χ1) is 8.76. The van der Waals surface area contributed by atoms with Crippen molar-refractivity contribution in [3.8, 4) is 11.5 Å². The highest BCUT2D eigenvalue weighted by Crippen LogP contribution is 2.44. The maximum absolute atomic E-state index is 6.23. The Balaban J connectivity index is 1.98. The number of ether oxygens (including phenoxy) is 3. The van der Waals surface area contributed by atoms with E-state index in [-0.39, 0.29) is 11.7 Å². The van der Waals surface area contributed by atoms with Gasteiger partial charge < -0.3 is 19.5 Å². The smallest absolute Gasteiger partial charge is 0.129 e. The Morgan fingerprint density at radius 3 is 2.94 bits per heavy atom. The highest BCUT2D eigenvalue weighted by molar-refractivity contribution is 5.44. The summed E-state index contributed by atoms with van der Waals surface area (Å²) < 4.78 is 17.1. The van der Waals surface area contributed by atoms with E-state index in [1.165, 1.54) is 0 Å². The number of rotatable bonds is 2. The zero-order chi connectivity index (χ0) is 12.6. The molecule has 1 spiro atoms. The van der Waals surface area contributed by atoms with E-state index >= 15 is 0 Å². The first-order valence-electron chi connectivity index (χ1n) is 6.37. The van der Waals surface area contributed by atoms with Crippen LogP contribution in [0.3, 0.4) is 0 Å². The molecule has 4 heteroatoms. The van der Waals surface area contributed by atoms with Gasteiger partial charge in [-0.3, -0.25) is 0 Å². The van der Waals surface area contributed by atoms with E-state index in [4.69, 9.17) is 14.2 Å². The molecule has 0 saturated carbocycles. The van der Waals surface area contributed by atoms with Crippen molar-refractivity contribution in [2.45, 2.75) is 24.5 Å². The van der Waals surface area contributed by atoms with Gasteiger partial charge in [-0.2, -0.15) is 0 Å². The van der Waals surface area contributed by atoms with Gasteiger partial charge in [-0.1, -0.05) is 0 Å². The summed E-state index contributed by atoms with van der Waals surface area (Å²) in [7, 11) is 3.44. The number of nitrogens with one attached hydrogen (secondary N) is 1. The van der Waals surface area contributed by atoms with Crippen LogP contribution in [0.5, 0.6) is 11.5 Å². The monoisotopic (exact) mass is 249 g/mol. The highest BCUT2D eigenvalue weighted by atomic mass is 16.5. The van der Waals surface area contributed by atoms with Crippen LogP contribution < -0.4 is 14.8 Å². The van der Waals surface area contributed by atoms with Crippen molar-refractivity contribution >= 4 is 0 Å². The van der Waals surface area contributed by atoms with Gasteiger partial charge in [0.1, 0.15) is 17.1 Å². The standard InChI is InChI=1S/C14H19NO3/c1-16-10-3-4-11-12(7-10)18-14(5-6-15-9-14)8-13(11)17-2/h3-4,7,13,15H,5-6,8-9H2,1-2H3. The fraction of sp³-hybridized carbons (Fsp3) is 0.571. The molecule has 1 aromatic rings. The molecule has 1 aromatic carbocycles. The Labute approximate surface area is 107 Å². The van der Waals surface area contributed by atoms with Gasteiger partial charge in [0, 0.05) is 38.1 Å². The molecule has 0 aliphatic carbocycles. The van der Waals surface area contributed by atoms with E-state index in [2.05, 4.69) is 5.32 Å². The maximum atomic E-state index is 6.23. The van der Waals surface area contributed by atoms with E-state index in [9.17, 15) is 0 Å². The topological polar surface area (TPSA) is 39.7 Å². The van der Waals surface area contributed by atoms with E-state index in [1.54, 1.807) is 14.2 Å². The van der Waals surface area contributed by atoms with E-state index in [1.807, 2.05) is 18.2 Å². The molecule has 0 aromatic heterocycles. The molecule has 2 atom stereocenters. The summed E-state index contributed by atoms with van der Waals surface area (Å²) >= 11 is 0. The first kappa shape index (κ1) is 11.8. The molecule has 4 nitrogen and oxygen atoms in total. The van der Waals surface area contributed by atoms with Crippen LogP contribution in [0.2, 0.25) is 0 Å². The molecule has 98 valence electrons. The normalized spacial score (nSPS) is 30.0. The molecule has 1 N–H and O–H groups in total. The third-order valence-electron chi connectivity index (χ3n) is 3.94. The summed E-state index contributed by atoms with van der Waals surface area (Å²) in [6, 6.07) is 5.96. The molecule has 0 bridgehead atoms. The number of hydrogen-bond donors (Lipinski definition) is 1. The van der Waals surface area contributed by atoms with Crippen molar-refractivity contribution in [3.05, 3.63) is 23.8 Å². The number of fused-ring (bicyclic) bond motifs is 1. The second-order valence-corrected chi connectivity index (χ2v) is 5.04. The lowest BCUT2D eigenvalue weighted by Crippen LogP contribution is -2.43. The van der Waals surface area contributed by atoms with E-state index in [0.29, 0.717) is 0 Å². The van der Waals surface area contributed by atoms with Crippen molar-refractivity contribution < 1.29 is 14.2 Å². The van der Waals surface area contributed by atoms with Crippen LogP contribution in [0.4, 0.5) is 0 Å². The lowest BCUT2D eigenvalue weighted by atomic mass is 9.88. The lowest BCUT2D eigenvalue weighted by molar-refractivity contribution is -0.0204. The van der Waals surface area contributed by atoms with Gasteiger partial charge in [-0.25, -0.2) is 0 Å². The minimum atomic E-state index is -0.111. The van der Waals surface area contributed by atoms with Gasteiger partial charge in [0.2, 0.25) is 0 Å². The van der Waals surface area contributed by atoms with Crippen molar-refractivity contribution in [2.24, 2.45) is 0 Å². The van der Waals surface area contributed by atoms with Crippen LogP contribution in [0.1, 0.15) is 24.5 Å². The van der Waals surface area contributed by atoms with E-state index < -0.39 is 0 Å². The lowest BCUT2D eigenvalue weighted by Gasteiger charge is -2.39. The number of benzene rings is 1. The third kappa shape index (κ3) is 1.85. The van der Waals surface area contributed by atoms with Crippen molar-refractivity contribution in [3.63, 3.8) is 0 Å². The quantitative estimate of drug-likeness (QED) is 0.869. The summed E-state index contributed by atoms with van der Waals surface area (Å²) in [4.78, 5) is 0. The van der Waals surface area contributed by atoms with Gasteiger partial charge in [0.05, 0.1) is 13.2 Å². The molecular weight excluding hydrogens is 230 g/mol. The van der Waals surface area contributed by atoms with E-state index in [0.717, 1.165) is 43.0 Å². The SMILES string of the molecule is COc1ccc2c(c1)OC1(CCNC1)CC2OC. The van der Waals surface area contributed by atoms with Gasteiger partial charge in [0.15, 0.2) is 0 Å². The zero-order valence-electron chi connectivity index (χ0n) is 10.9. The van der Waals surface area contributed by atoms with Gasteiger partial charge in [0.25, 0.3) is 0 Å². The average molecular weight is 249 g/mol. The second-order valence-electron chi connectivity index (χ2n) is 5.04. The molecule has 2 heterocycles. The molecule has 2 unspecified atom stereocenters. The Hall–Kier alpha value is -1.26. The highest BCUT2D eigenvalue weighted by Gasteiger charge is 2.43. The number of methoxy groups -OCH3 is 2. The summed E-state index contributed by atoms with van der Waals surface area (Å²) in [5, 5.41) is 3.38. The Morgan fingerprint density at radius 2 is 2.28 bits per heavy atom. The van der Waals surface area contributed by atoms with Crippen LogP contribution in [-0.2, 0) is 4.74 Å². The molecule has 18 heavy (non-hydrogen) atoms. The molecule has 1 fully saturated rings. The van der Waals surface area contributed by atoms with Crippen LogP contribution in [0.15, 0.2) is 18.2 Å². The number of hydrogen-bond acceptors (Lipinski definition) is 4. The zero-order valence-corrected chi connectivity index (χ0v) is 10.9. The van der Waals surface area contributed by atoms with Crippen LogP contribution in [-0.4, -0.2) is 32.9 Å². The second kappa shape index (κ2) is 4.44. The predicted molar refractivity (Wildman–Crippen MR) is 68.2 cm³/mol. The van der Waals surface area contributed by atoms with Crippen LogP contribution in [0.25, 0.3) is 0 Å². The molecule has 3 rings (SSSR count). The van der Waals surface area contributed by atoms with Crippen LogP contribution >= 0.6 is 0 Å². The molecule has 0 amide bonds. The van der Waals surface area contributed by atoms with Crippen LogP contribution in [0, 0.1) is 0 Å². The summed E-state index contributed by atoms with van der Waals surface area (Å²) in [5.41, 5.74) is 1.01. The Morgan fingerprint density at radius 1 is 1.39 bits per heavy atom. The largest absolute Gasteiger partial charge is 0.497 e. The Bertz CT molecular complexity index is 441. The molecule has 1 saturated heterocycles. The fourth-order valence-electron chi connectivity index (χ4n) is 2.91. The molecular formula is C14H19NO3. The van der Waals surface area contributed by atoms with Crippen molar-refractivity contribution in [1.82, 2.24) is 5.32 Å². The summed E-state index contributed by atoms with van der Waals surface area (Å²) in [5.74, 6) is 1.72. The van der Waals surface area contributed by atoms with Crippen molar-refractivity contribution in [2.75, 3.05) is 27.3 Å². The predicted octanol–water partition coefficient (Wildman–Crippen LogP) is 1.90. The molecule has 2 aliphatic rings. The summed E-state index contributed by atoms with van der Waals surface area (Å²) in [6.07, 6.45) is 2.05. The summed E-state index contributed by atoms with van der Waals surface area (Å²) in [6.45, 7) is 1.90. The molecule has 0 radical (unpaired) electrons. The van der Waals surface area contributed by atoms with Gasteiger partial charge in [-0.15, -0.1) is 0 Å². The minimum absolute atomic E-state index is 0.111. The van der Waals surface area contributed by atoms with Gasteiger partial charge in [-0.05, 0) is 18.7 Å². The minimum Gasteiger partial charge on any atom is -0.497 e. The fourth-order valence-corrected chi connectivity index (χ4v) is 2.91.